The van der Waals surface area contributed by atoms with Crippen LogP contribution in [0.5, 0.6) is 0 Å². The molecule has 8 heteroatoms. The minimum absolute atomic E-state index is 0.992. The van der Waals surface area contributed by atoms with E-state index in [-0.39, 0.29) is 0 Å². The first-order valence-corrected chi connectivity index (χ1v) is 12.3. The maximum atomic E-state index is 10.7. The summed E-state index contributed by atoms with van der Waals surface area (Å²) in [4.78, 5) is 2.72. The van der Waals surface area contributed by atoms with Gasteiger partial charge in [0, 0.05) is 6.54 Å². The second kappa shape index (κ2) is 15.5. The second-order valence-corrected chi connectivity index (χ2v) is 9.23. The fourth-order valence-electron chi connectivity index (χ4n) is 3.51. The fourth-order valence-corrected chi connectivity index (χ4v) is 3.51. The van der Waals surface area contributed by atoms with Crippen LogP contribution in [0.3, 0.4) is 0 Å². The van der Waals surface area contributed by atoms with Gasteiger partial charge in [-0.05, 0) is 38.3 Å². The molecule has 0 spiro atoms. The molecule has 0 bridgehead atoms. The zero-order valence-corrected chi connectivity index (χ0v) is 18.5. The Kier molecular flexibility index (Phi) is 15.3. The molecule has 1 heterocycles. The molecule has 0 aromatic rings. The van der Waals surface area contributed by atoms with Crippen molar-refractivity contribution >= 4 is 10.1 Å². The third-order valence-corrected chi connectivity index (χ3v) is 5.89. The van der Waals surface area contributed by atoms with Gasteiger partial charge in [-0.1, -0.05) is 78.1 Å². The zero-order valence-electron chi connectivity index (χ0n) is 17.6. The normalized spacial score (nSPS) is 18.6. The Morgan fingerprint density at radius 3 is 1.82 bits per heavy atom. The van der Waals surface area contributed by atoms with Gasteiger partial charge in [0.15, 0.2) is 0 Å². The molecule has 0 saturated carbocycles. The van der Waals surface area contributed by atoms with Crippen LogP contribution < -0.4 is 0 Å². The molecule has 1 unspecified atom stereocenters. The van der Waals surface area contributed by atoms with E-state index in [0.29, 0.717) is 0 Å². The van der Waals surface area contributed by atoms with Crippen LogP contribution in [0.15, 0.2) is 0 Å². The van der Waals surface area contributed by atoms with Gasteiger partial charge in [0.25, 0.3) is 0 Å². The Hall–Kier alpha value is -0.340. The minimum Gasteiger partial charge on any atom is -0.303 e. The van der Waals surface area contributed by atoms with Crippen molar-refractivity contribution in [3.05, 3.63) is 0 Å². The van der Waals surface area contributed by atoms with E-state index >= 15 is 0 Å². The molecule has 1 fully saturated rings. The van der Waals surface area contributed by atoms with Crippen LogP contribution in [0.25, 0.3) is 0 Å². The maximum Gasteiger partial charge on any atom is 0.522 e. The quantitative estimate of drug-likeness (QED) is 0.220. The lowest BCUT2D eigenvalue weighted by Crippen LogP contribution is -2.35. The molecule has 1 atom stereocenters. The third kappa shape index (κ3) is 14.6. The Balaban J connectivity index is 0.000000769. The number of piperidine rings is 1. The van der Waals surface area contributed by atoms with E-state index in [1.165, 1.54) is 103 Å². The van der Waals surface area contributed by atoms with Crippen molar-refractivity contribution in [1.29, 1.82) is 0 Å². The summed E-state index contributed by atoms with van der Waals surface area (Å²) in [6.45, 7) is 8.77. The molecule has 1 N–H and O–H groups in total. The van der Waals surface area contributed by atoms with Crippen LogP contribution in [0.1, 0.15) is 97.3 Å². The summed E-state index contributed by atoms with van der Waals surface area (Å²) in [5.41, 5.74) is -5.53. The van der Waals surface area contributed by atoms with Crippen molar-refractivity contribution in [2.75, 3.05) is 19.6 Å². The van der Waals surface area contributed by atoms with Gasteiger partial charge < -0.3 is 4.90 Å². The number of nitrogens with zero attached hydrogens (tertiary/aromatic N) is 1. The highest BCUT2D eigenvalue weighted by molar-refractivity contribution is 7.86. The molecule has 0 radical (unpaired) electrons. The first-order chi connectivity index (χ1) is 13.1. The number of halogens is 3. The highest BCUT2D eigenvalue weighted by Crippen LogP contribution is 2.21. The van der Waals surface area contributed by atoms with E-state index < -0.39 is 15.6 Å². The molecular weight excluding hydrogens is 391 g/mol. The summed E-state index contributed by atoms with van der Waals surface area (Å²) in [5.74, 6) is 0.992. The van der Waals surface area contributed by atoms with E-state index in [1.807, 2.05) is 0 Å². The van der Waals surface area contributed by atoms with Crippen LogP contribution in [-0.2, 0) is 10.1 Å². The third-order valence-electron chi connectivity index (χ3n) is 5.30. The second-order valence-electron chi connectivity index (χ2n) is 7.82. The zero-order chi connectivity index (χ0) is 21.5. The van der Waals surface area contributed by atoms with Crippen LogP contribution in [0.4, 0.5) is 13.2 Å². The predicted molar refractivity (Wildman–Crippen MR) is 109 cm³/mol. The van der Waals surface area contributed by atoms with E-state index in [2.05, 4.69) is 18.7 Å². The standard InChI is InChI=1S/C19H39N.CHF3O3S/c1-3-5-6-7-8-9-10-11-12-13-16-20-17-14-15-19(4-2)18-20;2-1(3,4)8(5,6)7/h19H,3-18H2,1-2H3;(H,5,6,7). The van der Waals surface area contributed by atoms with Gasteiger partial charge in [-0.25, -0.2) is 0 Å². The Morgan fingerprint density at radius 1 is 0.929 bits per heavy atom. The molecule has 0 aromatic heterocycles. The topological polar surface area (TPSA) is 57.6 Å². The van der Waals surface area contributed by atoms with Crippen LogP contribution >= 0.6 is 0 Å². The molecule has 0 amide bonds. The molecule has 170 valence electrons. The molecule has 0 aromatic carbocycles. The summed E-state index contributed by atoms with van der Waals surface area (Å²) >= 11 is 0. The highest BCUT2D eigenvalue weighted by Gasteiger charge is 2.44. The van der Waals surface area contributed by atoms with E-state index in [9.17, 15) is 13.2 Å². The summed E-state index contributed by atoms with van der Waals surface area (Å²) in [5, 5.41) is 0. The van der Waals surface area contributed by atoms with Crippen molar-refractivity contribution in [2.24, 2.45) is 5.92 Å². The van der Waals surface area contributed by atoms with Gasteiger partial charge in [-0.15, -0.1) is 0 Å². The summed E-state index contributed by atoms with van der Waals surface area (Å²) in [7, 11) is -5.84. The molecule has 1 saturated heterocycles. The number of unbranched alkanes of at least 4 members (excludes halogenated alkanes) is 9. The predicted octanol–water partition coefficient (Wildman–Crippen LogP) is 6.42. The smallest absolute Gasteiger partial charge is 0.303 e. The lowest BCUT2D eigenvalue weighted by atomic mass is 9.95. The van der Waals surface area contributed by atoms with Crippen molar-refractivity contribution in [2.45, 2.75) is 103 Å². The Bertz CT molecular complexity index is 470. The lowest BCUT2D eigenvalue weighted by Gasteiger charge is -2.32. The van der Waals surface area contributed by atoms with Crippen molar-refractivity contribution in [1.82, 2.24) is 4.90 Å². The van der Waals surface area contributed by atoms with Gasteiger partial charge in [-0.2, -0.15) is 21.6 Å². The van der Waals surface area contributed by atoms with Crippen LogP contribution in [0.2, 0.25) is 0 Å². The number of alkyl halides is 3. The summed E-state index contributed by atoms with van der Waals surface area (Å²) in [6.07, 6.45) is 18.8. The fraction of sp³-hybridized carbons (Fsp3) is 1.00. The average molecular weight is 432 g/mol. The maximum absolute atomic E-state index is 10.7. The Labute approximate surface area is 170 Å². The molecule has 4 nitrogen and oxygen atoms in total. The van der Waals surface area contributed by atoms with E-state index in [1.54, 1.807) is 0 Å². The van der Waals surface area contributed by atoms with Gasteiger partial charge in [0.05, 0.1) is 0 Å². The SMILES string of the molecule is CCCCCCCCCCCCN1CCCC(CC)C1.O=S(=O)(O)C(F)(F)F. The summed E-state index contributed by atoms with van der Waals surface area (Å²) < 4.78 is 57.5. The number of rotatable bonds is 12. The Morgan fingerprint density at radius 2 is 1.39 bits per heavy atom. The molecule has 1 rings (SSSR count). The molecule has 1 aliphatic rings. The molecule has 0 aliphatic carbocycles. The molecular formula is C20H40F3NO3S. The van der Waals surface area contributed by atoms with Crippen LogP contribution in [0, 0.1) is 5.92 Å². The molecule has 28 heavy (non-hydrogen) atoms. The van der Waals surface area contributed by atoms with Gasteiger partial charge in [0.2, 0.25) is 0 Å². The average Bonchev–Trinajstić information content (AvgIpc) is 2.62. The van der Waals surface area contributed by atoms with Crippen LogP contribution in [-0.4, -0.2) is 43.0 Å². The highest BCUT2D eigenvalue weighted by atomic mass is 32.2. The number of hydrogen-bond donors (Lipinski definition) is 1. The van der Waals surface area contributed by atoms with Gasteiger partial charge in [-0.3, -0.25) is 4.55 Å². The molecule has 1 aliphatic heterocycles. The lowest BCUT2D eigenvalue weighted by molar-refractivity contribution is -0.0510. The number of likely N-dealkylation sites (tertiary alicyclic amines) is 1. The largest absolute Gasteiger partial charge is 0.522 e. The van der Waals surface area contributed by atoms with Gasteiger partial charge >= 0.3 is 15.6 Å². The van der Waals surface area contributed by atoms with Crippen molar-refractivity contribution < 1.29 is 26.1 Å². The first kappa shape index (κ1) is 27.7. The number of hydrogen-bond acceptors (Lipinski definition) is 3. The van der Waals surface area contributed by atoms with E-state index in [0.717, 1.165) is 5.92 Å². The minimum atomic E-state index is -5.84. The van der Waals surface area contributed by atoms with Crippen molar-refractivity contribution in [3.63, 3.8) is 0 Å². The summed E-state index contributed by atoms with van der Waals surface area (Å²) in [6, 6.07) is 0. The first-order valence-electron chi connectivity index (χ1n) is 10.9. The monoisotopic (exact) mass is 431 g/mol. The van der Waals surface area contributed by atoms with E-state index in [4.69, 9.17) is 13.0 Å². The van der Waals surface area contributed by atoms with Gasteiger partial charge in [0.1, 0.15) is 0 Å². The van der Waals surface area contributed by atoms with Crippen molar-refractivity contribution in [3.8, 4) is 0 Å².